The zero-order chi connectivity index (χ0) is 13.0. The van der Waals surface area contributed by atoms with Crippen molar-refractivity contribution < 1.29 is 4.79 Å². The molecule has 0 spiro atoms. The van der Waals surface area contributed by atoms with E-state index in [1.54, 1.807) is 0 Å². The van der Waals surface area contributed by atoms with Gasteiger partial charge in [0, 0.05) is 24.7 Å². The van der Waals surface area contributed by atoms with Crippen LogP contribution in [0.15, 0.2) is 54.6 Å². The first-order valence-corrected chi connectivity index (χ1v) is 6.15. The third-order valence-corrected chi connectivity index (χ3v) is 3.03. The largest absolute Gasteiger partial charge is 0.344 e. The Labute approximate surface area is 108 Å². The van der Waals surface area contributed by atoms with E-state index in [1.807, 2.05) is 73.5 Å². The van der Waals surface area contributed by atoms with Gasteiger partial charge >= 0.3 is 0 Å². The summed E-state index contributed by atoms with van der Waals surface area (Å²) in [6.45, 7) is 1.89. The molecule has 18 heavy (non-hydrogen) atoms. The predicted molar refractivity (Wildman–Crippen MR) is 75.6 cm³/mol. The van der Waals surface area contributed by atoms with Gasteiger partial charge in [0.05, 0.1) is 5.69 Å². The molecular weight excluding hydrogens is 222 g/mol. The van der Waals surface area contributed by atoms with Crippen LogP contribution < -0.4 is 4.90 Å². The van der Waals surface area contributed by atoms with E-state index in [9.17, 15) is 4.79 Å². The lowest BCUT2D eigenvalue weighted by Crippen LogP contribution is -2.13. The Kier molecular flexibility index (Phi) is 3.78. The molecule has 0 aliphatic carbocycles. The number of hydrogen-bond donors (Lipinski definition) is 0. The van der Waals surface area contributed by atoms with Crippen molar-refractivity contribution in [2.45, 2.75) is 13.3 Å². The van der Waals surface area contributed by atoms with E-state index < -0.39 is 0 Å². The molecule has 0 aliphatic heterocycles. The second-order valence-corrected chi connectivity index (χ2v) is 4.19. The van der Waals surface area contributed by atoms with E-state index in [1.165, 1.54) is 0 Å². The number of benzene rings is 2. The summed E-state index contributed by atoms with van der Waals surface area (Å²) in [6.07, 6.45) is 0.527. The summed E-state index contributed by atoms with van der Waals surface area (Å²) in [5, 5.41) is 0. The molecule has 0 radical (unpaired) electrons. The first kappa shape index (κ1) is 12.4. The molecule has 0 saturated carbocycles. The van der Waals surface area contributed by atoms with Crippen LogP contribution in [-0.4, -0.2) is 12.8 Å². The van der Waals surface area contributed by atoms with Gasteiger partial charge < -0.3 is 4.90 Å². The number of carbonyl (C=O) groups excluding carboxylic acids is 1. The van der Waals surface area contributed by atoms with Gasteiger partial charge in [0.15, 0.2) is 5.78 Å². The van der Waals surface area contributed by atoms with Crippen molar-refractivity contribution in [2.75, 3.05) is 11.9 Å². The second kappa shape index (κ2) is 5.50. The van der Waals surface area contributed by atoms with Crippen LogP contribution in [0, 0.1) is 0 Å². The maximum Gasteiger partial charge on any atom is 0.164 e. The molecule has 0 unspecified atom stereocenters. The predicted octanol–water partition coefficient (Wildman–Crippen LogP) is 4.05. The Balaban J connectivity index is 2.42. The molecule has 0 bridgehead atoms. The maximum atomic E-state index is 11.9. The number of para-hydroxylation sites is 2. The van der Waals surface area contributed by atoms with Crippen LogP contribution in [0.5, 0.6) is 0 Å². The minimum Gasteiger partial charge on any atom is -0.344 e. The minimum atomic E-state index is 0.174. The molecule has 2 heteroatoms. The zero-order valence-electron chi connectivity index (χ0n) is 10.8. The monoisotopic (exact) mass is 239 g/mol. The fourth-order valence-corrected chi connectivity index (χ4v) is 1.98. The van der Waals surface area contributed by atoms with Crippen LogP contribution in [0.4, 0.5) is 11.4 Å². The number of hydrogen-bond acceptors (Lipinski definition) is 2. The summed E-state index contributed by atoms with van der Waals surface area (Å²) in [5.74, 6) is 0.174. The van der Waals surface area contributed by atoms with Gasteiger partial charge in [0.2, 0.25) is 0 Å². The van der Waals surface area contributed by atoms with Crippen molar-refractivity contribution in [3.63, 3.8) is 0 Å². The quantitative estimate of drug-likeness (QED) is 0.750. The Morgan fingerprint density at radius 2 is 1.61 bits per heavy atom. The summed E-state index contributed by atoms with van der Waals surface area (Å²) in [7, 11) is 1.98. The van der Waals surface area contributed by atoms with Crippen molar-refractivity contribution in [2.24, 2.45) is 0 Å². The van der Waals surface area contributed by atoms with E-state index in [2.05, 4.69) is 0 Å². The standard InChI is InChI=1S/C16H17NO/c1-3-16(18)14-11-7-8-12-15(14)17(2)13-9-5-4-6-10-13/h4-12H,3H2,1-2H3. The Morgan fingerprint density at radius 3 is 2.28 bits per heavy atom. The van der Waals surface area contributed by atoms with Gasteiger partial charge in [0.1, 0.15) is 0 Å². The first-order valence-electron chi connectivity index (χ1n) is 6.15. The van der Waals surface area contributed by atoms with Gasteiger partial charge in [-0.05, 0) is 24.3 Å². The van der Waals surface area contributed by atoms with Crippen LogP contribution in [0.1, 0.15) is 23.7 Å². The Morgan fingerprint density at radius 1 is 1.00 bits per heavy atom. The summed E-state index contributed by atoms with van der Waals surface area (Å²) in [4.78, 5) is 14.0. The van der Waals surface area contributed by atoms with Gasteiger partial charge in [0.25, 0.3) is 0 Å². The topological polar surface area (TPSA) is 20.3 Å². The number of rotatable bonds is 4. The lowest BCUT2D eigenvalue weighted by atomic mass is 10.1. The molecular formula is C16H17NO. The molecule has 0 N–H and O–H groups in total. The minimum absolute atomic E-state index is 0.174. The molecule has 0 heterocycles. The highest BCUT2D eigenvalue weighted by Gasteiger charge is 2.12. The van der Waals surface area contributed by atoms with Crippen molar-refractivity contribution >= 4 is 17.2 Å². The van der Waals surface area contributed by atoms with Crippen molar-refractivity contribution in [1.82, 2.24) is 0 Å². The fourth-order valence-electron chi connectivity index (χ4n) is 1.98. The molecule has 0 aliphatic rings. The summed E-state index contributed by atoms with van der Waals surface area (Å²) in [6, 6.07) is 17.8. The van der Waals surface area contributed by atoms with E-state index >= 15 is 0 Å². The lowest BCUT2D eigenvalue weighted by molar-refractivity contribution is 0.0989. The highest BCUT2D eigenvalue weighted by atomic mass is 16.1. The molecule has 2 aromatic carbocycles. The van der Waals surface area contributed by atoms with Gasteiger partial charge in [-0.2, -0.15) is 0 Å². The average Bonchev–Trinajstić information content (AvgIpc) is 2.46. The summed E-state index contributed by atoms with van der Waals surface area (Å²) >= 11 is 0. The van der Waals surface area contributed by atoms with Crippen molar-refractivity contribution in [3.8, 4) is 0 Å². The Hall–Kier alpha value is -2.09. The smallest absolute Gasteiger partial charge is 0.164 e. The maximum absolute atomic E-state index is 11.9. The summed E-state index contributed by atoms with van der Waals surface area (Å²) in [5.41, 5.74) is 2.82. The first-order chi connectivity index (χ1) is 8.74. The Bertz CT molecular complexity index is 534. The molecule has 0 saturated heterocycles. The van der Waals surface area contributed by atoms with E-state index in [0.717, 1.165) is 16.9 Å². The molecule has 92 valence electrons. The molecule has 2 aromatic rings. The van der Waals surface area contributed by atoms with E-state index in [0.29, 0.717) is 6.42 Å². The van der Waals surface area contributed by atoms with Crippen LogP contribution in [-0.2, 0) is 0 Å². The second-order valence-electron chi connectivity index (χ2n) is 4.19. The third kappa shape index (κ3) is 2.43. The molecule has 0 amide bonds. The van der Waals surface area contributed by atoms with Gasteiger partial charge in [-0.1, -0.05) is 37.3 Å². The zero-order valence-corrected chi connectivity index (χ0v) is 10.8. The van der Waals surface area contributed by atoms with Crippen LogP contribution in [0.25, 0.3) is 0 Å². The van der Waals surface area contributed by atoms with Gasteiger partial charge in [-0.3, -0.25) is 4.79 Å². The van der Waals surface area contributed by atoms with Gasteiger partial charge in [-0.15, -0.1) is 0 Å². The number of ketones is 1. The highest BCUT2D eigenvalue weighted by Crippen LogP contribution is 2.27. The lowest BCUT2D eigenvalue weighted by Gasteiger charge is -2.22. The number of nitrogens with zero attached hydrogens (tertiary/aromatic N) is 1. The average molecular weight is 239 g/mol. The van der Waals surface area contributed by atoms with Crippen molar-refractivity contribution in [1.29, 1.82) is 0 Å². The third-order valence-electron chi connectivity index (χ3n) is 3.03. The van der Waals surface area contributed by atoms with E-state index in [4.69, 9.17) is 0 Å². The highest BCUT2D eigenvalue weighted by molar-refractivity contribution is 6.01. The molecule has 2 nitrogen and oxygen atoms in total. The molecule has 0 aromatic heterocycles. The number of anilines is 2. The molecule has 0 atom stereocenters. The molecule has 2 rings (SSSR count). The number of Topliss-reactive ketones (excluding diaryl/α,β-unsaturated/α-hetero) is 1. The fraction of sp³-hybridized carbons (Fsp3) is 0.188. The van der Waals surface area contributed by atoms with Crippen LogP contribution >= 0.6 is 0 Å². The summed E-state index contributed by atoms with van der Waals surface area (Å²) < 4.78 is 0. The van der Waals surface area contributed by atoms with E-state index in [-0.39, 0.29) is 5.78 Å². The molecule has 0 fully saturated rings. The van der Waals surface area contributed by atoms with Crippen LogP contribution in [0.2, 0.25) is 0 Å². The number of carbonyl (C=O) groups is 1. The van der Waals surface area contributed by atoms with Crippen molar-refractivity contribution in [3.05, 3.63) is 60.2 Å². The van der Waals surface area contributed by atoms with Crippen LogP contribution in [0.3, 0.4) is 0 Å². The SMILES string of the molecule is CCC(=O)c1ccccc1N(C)c1ccccc1. The van der Waals surface area contributed by atoms with Gasteiger partial charge in [-0.25, -0.2) is 0 Å². The normalized spacial score (nSPS) is 10.1.